The predicted molar refractivity (Wildman–Crippen MR) is 46.0 cm³/mol. The molecule has 0 fully saturated rings. The van der Waals surface area contributed by atoms with Crippen molar-refractivity contribution in [1.29, 1.82) is 0 Å². The molecule has 13 heavy (non-hydrogen) atoms. The molecule has 5 heteroatoms. The average Bonchev–Trinajstić information content (AvgIpc) is 2.50. The molecule has 0 bridgehead atoms. The van der Waals surface area contributed by atoms with Gasteiger partial charge in [-0.05, 0) is 12.1 Å². The smallest absolute Gasteiger partial charge is 0.659 e. The second kappa shape index (κ2) is 5.19. The quantitative estimate of drug-likeness (QED) is 0.539. The molecule has 0 saturated carbocycles. The van der Waals surface area contributed by atoms with Gasteiger partial charge in [0.25, 0.3) is 0 Å². The second-order valence-corrected chi connectivity index (χ2v) is 2.52. The zero-order chi connectivity index (χ0) is 8.39. The monoisotopic (exact) mass is 200 g/mol. The summed E-state index contributed by atoms with van der Waals surface area (Å²) in [6.07, 6.45) is 1.94. The maximum atomic E-state index is 4.00. The van der Waals surface area contributed by atoms with Crippen LogP contribution in [0.15, 0.2) is 24.4 Å². The van der Waals surface area contributed by atoms with Gasteiger partial charge in [0, 0.05) is 6.20 Å². The molecule has 2 aromatic heterocycles. The summed E-state index contributed by atoms with van der Waals surface area (Å²) in [5.41, 5.74) is 0.871. The van der Waals surface area contributed by atoms with Crippen molar-refractivity contribution >= 4 is 5.65 Å². The summed E-state index contributed by atoms with van der Waals surface area (Å²) in [7, 11) is 1.77. The number of fused-ring (bicyclic) bond motifs is 1. The van der Waals surface area contributed by atoms with Gasteiger partial charge in [0.2, 0.25) is 0 Å². The number of aromatic nitrogens is 3. The van der Waals surface area contributed by atoms with Gasteiger partial charge in [-0.3, -0.25) is 4.40 Å². The first kappa shape index (κ1) is 11.3. The number of hydrogen-bond donors (Lipinski definition) is 0. The summed E-state index contributed by atoms with van der Waals surface area (Å²) in [5, 5.41) is 12.0. The summed E-state index contributed by atoms with van der Waals surface area (Å²) in [6.45, 7) is 0.616. The Bertz CT molecular complexity index is 384. The molecule has 0 aliphatic rings. The predicted octanol–water partition coefficient (Wildman–Crippen LogP) is -1.76. The Morgan fingerprint density at radius 1 is 1.38 bits per heavy atom. The summed E-state index contributed by atoms with van der Waals surface area (Å²) in [5.74, 6) is 0.883. The van der Waals surface area contributed by atoms with Crippen molar-refractivity contribution < 1.29 is 51.4 Å². The molecule has 0 N–H and O–H groups in total. The number of nitrogens with zero attached hydrogens (tertiary/aromatic N) is 4. The van der Waals surface area contributed by atoms with Crippen LogP contribution in [0, 0.1) is 0 Å². The first-order chi connectivity index (χ1) is 5.92. The fourth-order valence-electron chi connectivity index (χ4n) is 1.14. The molecule has 62 valence electrons. The molecule has 0 radical (unpaired) electrons. The van der Waals surface area contributed by atoms with Crippen LogP contribution >= 0.6 is 0 Å². The van der Waals surface area contributed by atoms with Crippen LogP contribution in [0.5, 0.6) is 0 Å². The third-order valence-corrected chi connectivity index (χ3v) is 1.68. The van der Waals surface area contributed by atoms with Gasteiger partial charge in [-0.2, -0.15) is 7.05 Å². The van der Waals surface area contributed by atoms with Gasteiger partial charge in [-0.25, -0.2) is 0 Å². The van der Waals surface area contributed by atoms with E-state index >= 15 is 0 Å². The fourth-order valence-corrected chi connectivity index (χ4v) is 1.14. The molecule has 0 saturated heterocycles. The molecule has 0 spiro atoms. The fraction of sp³-hybridized carbons (Fsp3) is 0.250. The molecular formula is C8H9KN4. The van der Waals surface area contributed by atoms with Gasteiger partial charge in [0.05, 0.1) is 0 Å². The van der Waals surface area contributed by atoms with Crippen LogP contribution in [0.3, 0.4) is 0 Å². The second-order valence-electron chi connectivity index (χ2n) is 2.52. The molecule has 0 aliphatic heterocycles. The summed E-state index contributed by atoms with van der Waals surface area (Å²) in [6, 6.07) is 5.82. The van der Waals surface area contributed by atoms with Gasteiger partial charge in [-0.15, -0.1) is 10.2 Å². The van der Waals surface area contributed by atoms with Crippen molar-refractivity contribution in [2.24, 2.45) is 0 Å². The molecule has 0 unspecified atom stereocenters. The van der Waals surface area contributed by atoms with Crippen molar-refractivity contribution in [3.8, 4) is 0 Å². The van der Waals surface area contributed by atoms with E-state index in [2.05, 4.69) is 15.5 Å². The largest absolute Gasteiger partial charge is 1.00 e. The van der Waals surface area contributed by atoms with Crippen LogP contribution in [-0.4, -0.2) is 21.6 Å². The summed E-state index contributed by atoms with van der Waals surface area (Å²) in [4.78, 5) is 0. The third-order valence-electron chi connectivity index (χ3n) is 1.68. The Morgan fingerprint density at radius 3 is 3.00 bits per heavy atom. The van der Waals surface area contributed by atoms with Crippen molar-refractivity contribution in [2.45, 2.75) is 6.54 Å². The van der Waals surface area contributed by atoms with E-state index in [-0.39, 0.29) is 51.4 Å². The van der Waals surface area contributed by atoms with E-state index in [9.17, 15) is 0 Å². The van der Waals surface area contributed by atoms with E-state index in [0.29, 0.717) is 6.54 Å². The van der Waals surface area contributed by atoms with E-state index in [4.69, 9.17) is 0 Å². The minimum absolute atomic E-state index is 0. The molecule has 0 aliphatic carbocycles. The molecule has 0 atom stereocenters. The Kier molecular flexibility index (Phi) is 4.50. The molecule has 2 heterocycles. The Labute approximate surface area is 119 Å². The van der Waals surface area contributed by atoms with E-state index in [0.717, 1.165) is 11.5 Å². The summed E-state index contributed by atoms with van der Waals surface area (Å²) >= 11 is 0. The molecule has 2 rings (SSSR count). The molecule has 4 nitrogen and oxygen atoms in total. The Hall–Kier alpha value is 0.216. The van der Waals surface area contributed by atoms with Crippen LogP contribution in [0.4, 0.5) is 0 Å². The van der Waals surface area contributed by atoms with E-state index in [1.54, 1.807) is 7.05 Å². The third kappa shape index (κ3) is 2.37. The minimum atomic E-state index is 0. The van der Waals surface area contributed by atoms with Crippen molar-refractivity contribution in [1.82, 2.24) is 14.6 Å². The van der Waals surface area contributed by atoms with E-state index < -0.39 is 0 Å². The van der Waals surface area contributed by atoms with Crippen LogP contribution in [-0.2, 0) is 6.54 Å². The SMILES string of the molecule is C[N-]Cc1nnc2ccccn12.[K+]. The maximum absolute atomic E-state index is 4.00. The minimum Gasteiger partial charge on any atom is -0.659 e. The van der Waals surface area contributed by atoms with Gasteiger partial charge < -0.3 is 5.32 Å². The Morgan fingerprint density at radius 2 is 2.23 bits per heavy atom. The first-order valence-corrected chi connectivity index (χ1v) is 3.76. The standard InChI is InChI=1S/C8H9N4.K/c1-9-6-8-11-10-7-4-2-3-5-12(7)8;/h2-5H,6H2,1H3;/q-1;+1. The maximum Gasteiger partial charge on any atom is 1.00 e. The molecular weight excluding hydrogens is 191 g/mol. The molecule has 2 aromatic rings. The van der Waals surface area contributed by atoms with Gasteiger partial charge in [0.1, 0.15) is 5.82 Å². The number of pyridine rings is 1. The van der Waals surface area contributed by atoms with Gasteiger partial charge in [0.15, 0.2) is 5.65 Å². The zero-order valence-electron chi connectivity index (χ0n) is 7.81. The number of rotatable bonds is 2. The first-order valence-electron chi connectivity index (χ1n) is 3.76. The normalized spacial score (nSPS) is 9.92. The van der Waals surface area contributed by atoms with Crippen molar-refractivity contribution in [3.05, 3.63) is 35.5 Å². The average molecular weight is 200 g/mol. The zero-order valence-corrected chi connectivity index (χ0v) is 10.9. The van der Waals surface area contributed by atoms with Gasteiger partial charge >= 0.3 is 51.4 Å². The van der Waals surface area contributed by atoms with Crippen LogP contribution in [0.25, 0.3) is 11.0 Å². The van der Waals surface area contributed by atoms with Crippen LogP contribution < -0.4 is 51.4 Å². The van der Waals surface area contributed by atoms with Crippen LogP contribution in [0.2, 0.25) is 0 Å². The van der Waals surface area contributed by atoms with E-state index in [1.807, 2.05) is 28.8 Å². The van der Waals surface area contributed by atoms with Crippen molar-refractivity contribution in [2.75, 3.05) is 7.05 Å². The van der Waals surface area contributed by atoms with Crippen molar-refractivity contribution in [3.63, 3.8) is 0 Å². The number of hydrogen-bond acceptors (Lipinski definition) is 2. The molecule has 0 amide bonds. The van der Waals surface area contributed by atoms with Crippen LogP contribution in [0.1, 0.15) is 5.82 Å². The van der Waals surface area contributed by atoms with Gasteiger partial charge in [-0.1, -0.05) is 12.6 Å². The van der Waals surface area contributed by atoms with E-state index in [1.165, 1.54) is 0 Å². The molecule has 0 aromatic carbocycles. The summed E-state index contributed by atoms with van der Waals surface area (Å²) < 4.78 is 1.94. The topological polar surface area (TPSA) is 44.3 Å². The Balaban J connectivity index is 0.000000845.